The summed E-state index contributed by atoms with van der Waals surface area (Å²) >= 11 is 0. The molecule has 0 aromatic rings. The minimum Gasteiger partial charge on any atom is -0.395 e. The molecule has 1 fully saturated rings. The number of halogens is 6. The molecule has 1 aliphatic heterocycles. The second-order valence-corrected chi connectivity index (χ2v) is 7.68. The molecule has 0 radical (unpaired) electrons. The highest BCUT2D eigenvalue weighted by molar-refractivity contribution is 7.88. The third-order valence-electron chi connectivity index (χ3n) is 2.77. The maximum Gasteiger partial charge on any atom is 0.523 e. The lowest BCUT2D eigenvalue weighted by Gasteiger charge is -2.20. The molecule has 1 aliphatic rings. The normalized spacial score (nSPS) is 24.5. The van der Waals surface area contributed by atoms with Crippen LogP contribution < -0.4 is 0 Å². The Hall–Kier alpha value is -0.680. The number of hydrogen-bond acceptors (Lipinski definition) is 8. The van der Waals surface area contributed by atoms with E-state index >= 15 is 0 Å². The highest BCUT2D eigenvalue weighted by Gasteiger charge is 2.54. The first-order chi connectivity index (χ1) is 10.6. The van der Waals surface area contributed by atoms with Gasteiger partial charge >= 0.3 is 31.3 Å². The van der Waals surface area contributed by atoms with E-state index in [-0.39, 0.29) is 6.54 Å². The van der Waals surface area contributed by atoms with E-state index in [0.717, 1.165) is 4.90 Å². The molecular weight excluding hydrogens is 400 g/mol. The predicted molar refractivity (Wildman–Crippen MR) is 63.2 cm³/mol. The molecule has 0 aromatic carbocycles. The Bertz CT molecular complexity index is 589. The third-order valence-corrected chi connectivity index (χ3v) is 4.91. The summed E-state index contributed by atoms with van der Waals surface area (Å²) in [5, 5.41) is 8.70. The molecular formula is C8H11F6NO7S2. The van der Waals surface area contributed by atoms with Gasteiger partial charge in [-0.15, -0.1) is 0 Å². The minimum atomic E-state index is -6.19. The zero-order valence-electron chi connectivity index (χ0n) is 11.4. The van der Waals surface area contributed by atoms with Gasteiger partial charge in [0.25, 0.3) is 0 Å². The molecule has 1 rings (SSSR count). The average Bonchev–Trinajstić information content (AvgIpc) is 2.67. The fourth-order valence-electron chi connectivity index (χ4n) is 1.76. The minimum absolute atomic E-state index is 0.280. The van der Waals surface area contributed by atoms with Crippen molar-refractivity contribution in [2.24, 2.45) is 0 Å². The summed E-state index contributed by atoms with van der Waals surface area (Å²) in [5.41, 5.74) is -11.7. The SMILES string of the molecule is O=S(=O)(O[C@H]1CN(CCO)C[C@@H]1OS(=O)(=O)C(F)(F)F)C(F)(F)F. The van der Waals surface area contributed by atoms with Crippen LogP contribution in [0.2, 0.25) is 0 Å². The van der Waals surface area contributed by atoms with Gasteiger partial charge in [-0.1, -0.05) is 0 Å². The number of alkyl halides is 6. The lowest BCUT2D eigenvalue weighted by molar-refractivity contribution is -0.0665. The van der Waals surface area contributed by atoms with E-state index < -0.39 is 63.2 Å². The lowest BCUT2D eigenvalue weighted by atomic mass is 10.3. The number of β-amino-alcohol motifs (C(OH)–C–C–N with tert-alkyl or cyclic N) is 1. The Labute approximate surface area is 132 Å². The molecule has 2 atom stereocenters. The molecule has 0 amide bonds. The first kappa shape index (κ1) is 21.4. The van der Waals surface area contributed by atoms with Crippen LogP contribution >= 0.6 is 0 Å². The van der Waals surface area contributed by atoms with Gasteiger partial charge in [-0.05, 0) is 0 Å². The van der Waals surface area contributed by atoms with Crippen LogP contribution in [0.25, 0.3) is 0 Å². The molecule has 0 bridgehead atoms. The molecule has 16 heteroatoms. The molecule has 24 heavy (non-hydrogen) atoms. The molecule has 1 N–H and O–H groups in total. The van der Waals surface area contributed by atoms with Gasteiger partial charge in [0.2, 0.25) is 0 Å². The lowest BCUT2D eigenvalue weighted by Crippen LogP contribution is -2.40. The van der Waals surface area contributed by atoms with Gasteiger partial charge < -0.3 is 5.11 Å². The van der Waals surface area contributed by atoms with Crippen LogP contribution in [0.1, 0.15) is 0 Å². The van der Waals surface area contributed by atoms with Gasteiger partial charge in [-0.2, -0.15) is 43.2 Å². The highest BCUT2D eigenvalue weighted by Crippen LogP contribution is 2.32. The molecule has 0 aromatic heterocycles. The fraction of sp³-hybridized carbons (Fsp3) is 1.00. The van der Waals surface area contributed by atoms with Crippen LogP contribution in [0.15, 0.2) is 0 Å². The molecule has 8 nitrogen and oxygen atoms in total. The summed E-state index contributed by atoms with van der Waals surface area (Å²) < 4.78 is 125. The smallest absolute Gasteiger partial charge is 0.395 e. The van der Waals surface area contributed by atoms with E-state index in [1.165, 1.54) is 0 Å². The topological polar surface area (TPSA) is 110 Å². The summed E-state index contributed by atoms with van der Waals surface area (Å²) in [6, 6.07) is 0. The zero-order valence-corrected chi connectivity index (χ0v) is 13.0. The maximum absolute atomic E-state index is 12.3. The Morgan fingerprint density at radius 2 is 1.21 bits per heavy atom. The summed E-state index contributed by atoms with van der Waals surface area (Å²) in [7, 11) is -12.4. The quantitative estimate of drug-likeness (QED) is 0.363. The largest absolute Gasteiger partial charge is 0.523 e. The summed E-state index contributed by atoms with van der Waals surface area (Å²) in [4.78, 5) is 0.979. The summed E-state index contributed by atoms with van der Waals surface area (Å²) in [5.74, 6) is 0. The van der Waals surface area contributed by atoms with Crippen molar-refractivity contribution in [2.45, 2.75) is 23.2 Å². The molecule has 1 saturated heterocycles. The van der Waals surface area contributed by atoms with Crippen LogP contribution in [0.5, 0.6) is 0 Å². The number of rotatable bonds is 6. The molecule has 144 valence electrons. The van der Waals surface area contributed by atoms with Gasteiger partial charge in [-0.3, -0.25) is 13.3 Å². The first-order valence-electron chi connectivity index (χ1n) is 5.93. The molecule has 0 saturated carbocycles. The average molecular weight is 411 g/mol. The van der Waals surface area contributed by atoms with Crippen molar-refractivity contribution in [2.75, 3.05) is 26.2 Å². The van der Waals surface area contributed by atoms with Crippen molar-refractivity contribution >= 4 is 20.2 Å². The molecule has 0 spiro atoms. The van der Waals surface area contributed by atoms with Crippen molar-refractivity contribution in [3.8, 4) is 0 Å². The van der Waals surface area contributed by atoms with Crippen molar-refractivity contribution in [3.05, 3.63) is 0 Å². The number of aliphatic hydroxyl groups is 1. The number of aliphatic hydroxyl groups excluding tert-OH is 1. The van der Waals surface area contributed by atoms with Gasteiger partial charge in [0.1, 0.15) is 12.2 Å². The van der Waals surface area contributed by atoms with Crippen molar-refractivity contribution in [1.29, 1.82) is 0 Å². The second-order valence-electron chi connectivity index (χ2n) is 4.55. The molecule has 1 heterocycles. The Balaban J connectivity index is 3.02. The standard InChI is InChI=1S/C8H11F6NO7S2/c9-7(10,11)23(17,18)21-5-3-15(1-2-16)4-6(5)22-24(19,20)8(12,13)14/h5-6,16H,1-4H2/t5-,6-/m0/s1. The van der Waals surface area contributed by atoms with Crippen molar-refractivity contribution in [1.82, 2.24) is 4.90 Å². The van der Waals surface area contributed by atoms with E-state index in [1.54, 1.807) is 0 Å². The fourth-order valence-corrected chi connectivity index (χ4v) is 3.00. The van der Waals surface area contributed by atoms with Gasteiger partial charge in [0, 0.05) is 19.6 Å². The maximum atomic E-state index is 12.3. The van der Waals surface area contributed by atoms with Gasteiger partial charge in [0.15, 0.2) is 0 Å². The van der Waals surface area contributed by atoms with Crippen LogP contribution in [-0.2, 0) is 28.6 Å². The third kappa shape index (κ3) is 4.92. The van der Waals surface area contributed by atoms with Crippen LogP contribution in [0.4, 0.5) is 26.3 Å². The van der Waals surface area contributed by atoms with E-state index in [0.29, 0.717) is 0 Å². The van der Waals surface area contributed by atoms with Gasteiger partial charge in [-0.25, -0.2) is 0 Å². The predicted octanol–water partition coefficient (Wildman–Crippen LogP) is -0.236. The van der Waals surface area contributed by atoms with E-state index in [9.17, 15) is 43.2 Å². The Kier molecular flexibility index (Phi) is 6.15. The van der Waals surface area contributed by atoms with Crippen molar-refractivity contribution < 1.29 is 56.7 Å². The van der Waals surface area contributed by atoms with Crippen LogP contribution in [-0.4, -0.2) is 76.3 Å². The Morgan fingerprint density at radius 1 is 0.875 bits per heavy atom. The summed E-state index contributed by atoms with van der Waals surface area (Å²) in [6.45, 7) is -2.25. The molecule has 0 unspecified atom stereocenters. The van der Waals surface area contributed by atoms with Crippen LogP contribution in [0.3, 0.4) is 0 Å². The number of hydrogen-bond donors (Lipinski definition) is 1. The summed E-state index contributed by atoms with van der Waals surface area (Å²) in [6.07, 6.45) is -4.33. The van der Waals surface area contributed by atoms with E-state index in [2.05, 4.69) is 8.37 Å². The number of nitrogens with zero attached hydrogens (tertiary/aromatic N) is 1. The van der Waals surface area contributed by atoms with E-state index in [1.807, 2.05) is 0 Å². The zero-order chi connectivity index (χ0) is 19.0. The van der Waals surface area contributed by atoms with E-state index in [4.69, 9.17) is 5.11 Å². The first-order valence-corrected chi connectivity index (χ1v) is 8.74. The van der Waals surface area contributed by atoms with Gasteiger partial charge in [0.05, 0.1) is 6.61 Å². The second kappa shape index (κ2) is 6.91. The van der Waals surface area contributed by atoms with Crippen LogP contribution in [0, 0.1) is 0 Å². The monoisotopic (exact) mass is 411 g/mol. The highest BCUT2D eigenvalue weighted by atomic mass is 32.2. The van der Waals surface area contributed by atoms with Crippen molar-refractivity contribution in [3.63, 3.8) is 0 Å². The number of likely N-dealkylation sites (tertiary alicyclic amines) is 1. The Morgan fingerprint density at radius 3 is 1.46 bits per heavy atom. The molecule has 0 aliphatic carbocycles.